The van der Waals surface area contributed by atoms with Crippen LogP contribution in [0.3, 0.4) is 0 Å². The van der Waals surface area contributed by atoms with Crippen molar-refractivity contribution in [1.82, 2.24) is 9.80 Å². The van der Waals surface area contributed by atoms with Crippen LogP contribution in [0.1, 0.15) is 33.6 Å². The Balaban J connectivity index is 2.54. The van der Waals surface area contributed by atoms with E-state index in [1.165, 1.54) is 25.9 Å². The highest BCUT2D eigenvalue weighted by atomic mass is 16.5. The number of methoxy groups -OCH3 is 1. The molecule has 0 aromatic carbocycles. The SMILES string of the molecule is COCCN(C1CCN(C)CC1)C(C)(C)C. The van der Waals surface area contributed by atoms with Gasteiger partial charge < -0.3 is 9.64 Å². The fourth-order valence-electron chi connectivity index (χ4n) is 2.56. The molecule has 0 bridgehead atoms. The molecule has 1 heterocycles. The van der Waals surface area contributed by atoms with Gasteiger partial charge in [-0.2, -0.15) is 0 Å². The molecule has 0 unspecified atom stereocenters. The predicted octanol–water partition coefficient (Wildman–Crippen LogP) is 1.83. The Morgan fingerprint density at radius 3 is 2.25 bits per heavy atom. The second-order valence-electron chi connectivity index (χ2n) is 5.89. The summed E-state index contributed by atoms with van der Waals surface area (Å²) in [5.41, 5.74) is 0.249. The summed E-state index contributed by atoms with van der Waals surface area (Å²) < 4.78 is 5.23. The van der Waals surface area contributed by atoms with E-state index in [9.17, 15) is 0 Å². The van der Waals surface area contributed by atoms with Crippen molar-refractivity contribution in [2.45, 2.75) is 45.2 Å². The monoisotopic (exact) mass is 228 g/mol. The summed E-state index contributed by atoms with van der Waals surface area (Å²) >= 11 is 0. The molecule has 16 heavy (non-hydrogen) atoms. The lowest BCUT2D eigenvalue weighted by molar-refractivity contribution is 0.0230. The molecule has 0 amide bonds. The fourth-order valence-corrected chi connectivity index (χ4v) is 2.56. The highest BCUT2D eigenvalue weighted by molar-refractivity contribution is 4.86. The van der Waals surface area contributed by atoms with Crippen LogP contribution in [0.15, 0.2) is 0 Å². The van der Waals surface area contributed by atoms with Gasteiger partial charge in [0.2, 0.25) is 0 Å². The van der Waals surface area contributed by atoms with E-state index in [-0.39, 0.29) is 5.54 Å². The standard InChI is InChI=1S/C13H28N2O/c1-13(2,3)15(10-11-16-5)12-6-8-14(4)9-7-12/h12H,6-11H2,1-5H3. The molecule has 0 aliphatic carbocycles. The maximum atomic E-state index is 5.23. The van der Waals surface area contributed by atoms with Gasteiger partial charge in [0, 0.05) is 25.2 Å². The van der Waals surface area contributed by atoms with E-state index >= 15 is 0 Å². The average molecular weight is 228 g/mol. The summed E-state index contributed by atoms with van der Waals surface area (Å²) in [5, 5.41) is 0. The molecule has 0 saturated carbocycles. The average Bonchev–Trinajstić information content (AvgIpc) is 2.19. The Labute approximate surface area is 101 Å². The third-order valence-electron chi connectivity index (χ3n) is 3.53. The molecule has 1 aliphatic rings. The van der Waals surface area contributed by atoms with Crippen molar-refractivity contribution < 1.29 is 4.74 Å². The number of rotatable bonds is 4. The smallest absolute Gasteiger partial charge is 0.0589 e. The van der Waals surface area contributed by atoms with Crippen LogP contribution >= 0.6 is 0 Å². The van der Waals surface area contributed by atoms with Crippen molar-refractivity contribution in [2.24, 2.45) is 0 Å². The topological polar surface area (TPSA) is 15.7 Å². The molecular formula is C13H28N2O. The van der Waals surface area contributed by atoms with Gasteiger partial charge in [-0.3, -0.25) is 4.90 Å². The van der Waals surface area contributed by atoms with E-state index in [1.54, 1.807) is 7.11 Å². The molecular weight excluding hydrogens is 200 g/mol. The first-order chi connectivity index (χ1) is 7.45. The molecule has 3 heteroatoms. The highest BCUT2D eigenvalue weighted by Crippen LogP contribution is 2.23. The predicted molar refractivity (Wildman–Crippen MR) is 68.9 cm³/mol. The minimum atomic E-state index is 0.249. The Kier molecular flexibility index (Phi) is 5.22. The van der Waals surface area contributed by atoms with Crippen LogP contribution in [0.5, 0.6) is 0 Å². The summed E-state index contributed by atoms with van der Waals surface area (Å²) in [6.45, 7) is 11.3. The number of nitrogens with zero attached hydrogens (tertiary/aromatic N) is 2. The van der Waals surface area contributed by atoms with Crippen LogP contribution in [-0.2, 0) is 4.74 Å². The third-order valence-corrected chi connectivity index (χ3v) is 3.53. The Morgan fingerprint density at radius 2 is 1.81 bits per heavy atom. The maximum absolute atomic E-state index is 5.23. The number of ether oxygens (including phenoxy) is 1. The fraction of sp³-hybridized carbons (Fsp3) is 1.00. The maximum Gasteiger partial charge on any atom is 0.0589 e. The van der Waals surface area contributed by atoms with Gasteiger partial charge in [0.25, 0.3) is 0 Å². The van der Waals surface area contributed by atoms with Crippen molar-refractivity contribution in [2.75, 3.05) is 40.4 Å². The van der Waals surface area contributed by atoms with E-state index < -0.39 is 0 Å². The second kappa shape index (κ2) is 5.99. The van der Waals surface area contributed by atoms with Crippen molar-refractivity contribution in [3.8, 4) is 0 Å². The minimum Gasteiger partial charge on any atom is -0.383 e. The molecule has 0 spiro atoms. The van der Waals surface area contributed by atoms with Gasteiger partial charge in [0.15, 0.2) is 0 Å². The molecule has 0 N–H and O–H groups in total. The van der Waals surface area contributed by atoms with Gasteiger partial charge in [-0.25, -0.2) is 0 Å². The zero-order valence-electron chi connectivity index (χ0n) is 11.6. The molecule has 0 aromatic heterocycles. The van der Waals surface area contributed by atoms with Crippen LogP contribution in [0, 0.1) is 0 Å². The summed E-state index contributed by atoms with van der Waals surface area (Å²) in [4.78, 5) is 5.04. The summed E-state index contributed by atoms with van der Waals surface area (Å²) in [7, 11) is 4.00. The van der Waals surface area contributed by atoms with Crippen molar-refractivity contribution in [1.29, 1.82) is 0 Å². The van der Waals surface area contributed by atoms with Gasteiger partial charge in [0.1, 0.15) is 0 Å². The molecule has 96 valence electrons. The first-order valence-electron chi connectivity index (χ1n) is 6.39. The van der Waals surface area contributed by atoms with Gasteiger partial charge in [0.05, 0.1) is 6.61 Å². The van der Waals surface area contributed by atoms with Crippen LogP contribution in [-0.4, -0.2) is 61.8 Å². The van der Waals surface area contributed by atoms with Crippen LogP contribution in [0.25, 0.3) is 0 Å². The summed E-state index contributed by atoms with van der Waals surface area (Å²) in [6, 6.07) is 0.728. The van der Waals surface area contributed by atoms with Crippen molar-refractivity contribution in [3.63, 3.8) is 0 Å². The van der Waals surface area contributed by atoms with Crippen LogP contribution < -0.4 is 0 Å². The van der Waals surface area contributed by atoms with E-state index in [2.05, 4.69) is 37.6 Å². The second-order valence-corrected chi connectivity index (χ2v) is 5.89. The van der Waals surface area contributed by atoms with Gasteiger partial charge >= 0.3 is 0 Å². The largest absolute Gasteiger partial charge is 0.383 e. The number of piperidine rings is 1. The molecule has 0 aromatic rings. The number of hydrogen-bond donors (Lipinski definition) is 0. The van der Waals surface area contributed by atoms with Gasteiger partial charge in [-0.1, -0.05) is 0 Å². The zero-order chi connectivity index (χ0) is 12.2. The Morgan fingerprint density at radius 1 is 1.25 bits per heavy atom. The highest BCUT2D eigenvalue weighted by Gasteiger charge is 2.30. The lowest BCUT2D eigenvalue weighted by Gasteiger charge is -2.44. The zero-order valence-corrected chi connectivity index (χ0v) is 11.6. The van der Waals surface area contributed by atoms with Crippen LogP contribution in [0.2, 0.25) is 0 Å². The quantitative estimate of drug-likeness (QED) is 0.730. The Bertz CT molecular complexity index is 193. The number of likely N-dealkylation sites (tertiary alicyclic amines) is 1. The molecule has 0 radical (unpaired) electrons. The lowest BCUT2D eigenvalue weighted by atomic mass is 9.96. The minimum absolute atomic E-state index is 0.249. The Hall–Kier alpha value is -0.120. The normalized spacial score (nSPS) is 20.6. The molecule has 1 fully saturated rings. The van der Waals surface area contributed by atoms with E-state index in [0.717, 1.165) is 19.2 Å². The third kappa shape index (κ3) is 4.04. The van der Waals surface area contributed by atoms with Crippen molar-refractivity contribution >= 4 is 0 Å². The van der Waals surface area contributed by atoms with Crippen molar-refractivity contribution in [3.05, 3.63) is 0 Å². The van der Waals surface area contributed by atoms with E-state index in [4.69, 9.17) is 4.74 Å². The first kappa shape index (κ1) is 13.9. The van der Waals surface area contributed by atoms with Gasteiger partial charge in [-0.15, -0.1) is 0 Å². The van der Waals surface area contributed by atoms with Crippen LogP contribution in [0.4, 0.5) is 0 Å². The molecule has 0 atom stereocenters. The molecule has 1 saturated heterocycles. The lowest BCUT2D eigenvalue weighted by Crippen LogP contribution is -2.53. The van der Waals surface area contributed by atoms with E-state index in [1.807, 2.05) is 0 Å². The number of hydrogen-bond acceptors (Lipinski definition) is 3. The van der Waals surface area contributed by atoms with E-state index in [0.29, 0.717) is 0 Å². The van der Waals surface area contributed by atoms with Gasteiger partial charge in [-0.05, 0) is 53.8 Å². The molecule has 1 rings (SSSR count). The first-order valence-corrected chi connectivity index (χ1v) is 6.39. The summed E-state index contributed by atoms with van der Waals surface area (Å²) in [5.74, 6) is 0. The molecule has 3 nitrogen and oxygen atoms in total. The summed E-state index contributed by atoms with van der Waals surface area (Å²) in [6.07, 6.45) is 2.58. The molecule has 1 aliphatic heterocycles.